The Kier molecular flexibility index (Phi) is 7.38. The summed E-state index contributed by atoms with van der Waals surface area (Å²) in [6, 6.07) is 10.2. The molecule has 3 N–H and O–H groups in total. The number of nitrogens with zero attached hydrogens (tertiary/aromatic N) is 5. The molecule has 5 aromatic rings. The van der Waals surface area contributed by atoms with Gasteiger partial charge in [-0.05, 0) is 60.7 Å². The molecule has 13 heteroatoms. The van der Waals surface area contributed by atoms with E-state index < -0.39 is 29.4 Å². The van der Waals surface area contributed by atoms with Crippen molar-refractivity contribution in [1.29, 1.82) is 0 Å². The first-order chi connectivity index (χ1) is 24.7. The average Bonchev–Trinajstić information content (AvgIpc) is 3.80. The number of alkyl halides is 1. The summed E-state index contributed by atoms with van der Waals surface area (Å²) in [5, 5.41) is 11.7. The molecule has 3 aromatic carbocycles. The highest BCUT2D eigenvalue weighted by molar-refractivity contribution is 6.06. The first kappa shape index (κ1) is 31.6. The summed E-state index contributed by atoms with van der Waals surface area (Å²) in [7, 11) is 0. The van der Waals surface area contributed by atoms with Crippen LogP contribution in [0, 0.1) is 24.0 Å². The lowest BCUT2D eigenvalue weighted by molar-refractivity contribution is 0.107. The van der Waals surface area contributed by atoms with Crippen LogP contribution in [0.25, 0.3) is 32.8 Å². The van der Waals surface area contributed by atoms with E-state index in [0.29, 0.717) is 40.9 Å². The molecule has 3 saturated heterocycles. The molecule has 0 spiro atoms. The molecule has 9 rings (SSSR count). The summed E-state index contributed by atoms with van der Waals surface area (Å²) in [4.78, 5) is 17.9. The van der Waals surface area contributed by atoms with Gasteiger partial charge in [0, 0.05) is 42.2 Å². The minimum Gasteiger partial charge on any atom is -0.508 e. The number of halogens is 3. The Labute approximate surface area is 291 Å². The van der Waals surface area contributed by atoms with Gasteiger partial charge in [0.15, 0.2) is 5.82 Å². The van der Waals surface area contributed by atoms with Crippen molar-refractivity contribution in [2.75, 3.05) is 43.5 Å². The third-order valence-electron chi connectivity index (χ3n) is 10.8. The molecular weight excluding hydrogens is 661 g/mol. The SMILES string of the molecule is C#Cc1c(F)ccc2cc(O)cc(-c3cc4c5c(nc(OC[C@@]67CCCN6C[C@H](F)C7)nc5c3F)N(Cc3cccnc3N)[C@@H]3COC[C@H]3O4)c12. The van der Waals surface area contributed by atoms with Crippen molar-refractivity contribution in [3.8, 4) is 41.0 Å². The fraction of sp³-hybridized carbons (Fsp3) is 0.342. The Hall–Kier alpha value is -5.32. The van der Waals surface area contributed by atoms with Gasteiger partial charge in [-0.1, -0.05) is 18.1 Å². The quantitative estimate of drug-likeness (QED) is 0.220. The highest BCUT2D eigenvalue weighted by atomic mass is 19.1. The molecule has 0 saturated carbocycles. The van der Waals surface area contributed by atoms with Crippen molar-refractivity contribution in [3.05, 3.63) is 71.4 Å². The molecule has 10 nitrogen and oxygen atoms in total. The minimum absolute atomic E-state index is 0.0202. The van der Waals surface area contributed by atoms with Crippen LogP contribution >= 0.6 is 0 Å². The fourth-order valence-electron chi connectivity index (χ4n) is 8.40. The number of aromatic hydroxyl groups is 1. The van der Waals surface area contributed by atoms with E-state index in [2.05, 4.69) is 20.8 Å². The Morgan fingerprint density at radius 1 is 1.12 bits per heavy atom. The maximum atomic E-state index is 17.3. The van der Waals surface area contributed by atoms with E-state index >= 15 is 8.78 Å². The number of pyridine rings is 1. The number of fused-ring (bicyclic) bond motifs is 3. The lowest BCUT2D eigenvalue weighted by atomic mass is 9.92. The maximum Gasteiger partial charge on any atom is 0.319 e. The molecule has 0 unspecified atom stereocenters. The predicted octanol–water partition coefficient (Wildman–Crippen LogP) is 5.51. The van der Waals surface area contributed by atoms with Crippen LogP contribution in [-0.2, 0) is 11.3 Å². The predicted molar refractivity (Wildman–Crippen MR) is 184 cm³/mol. The molecule has 4 aliphatic rings. The molecule has 2 aromatic heterocycles. The summed E-state index contributed by atoms with van der Waals surface area (Å²) in [5.41, 5.74) is 6.45. The van der Waals surface area contributed by atoms with E-state index in [1.54, 1.807) is 12.3 Å². The van der Waals surface area contributed by atoms with Crippen LogP contribution in [0.2, 0.25) is 0 Å². The van der Waals surface area contributed by atoms with Gasteiger partial charge in [0.1, 0.15) is 53.4 Å². The second kappa shape index (κ2) is 11.9. The van der Waals surface area contributed by atoms with Crippen LogP contribution in [0.1, 0.15) is 30.4 Å². The van der Waals surface area contributed by atoms with Crippen molar-refractivity contribution in [1.82, 2.24) is 19.9 Å². The van der Waals surface area contributed by atoms with E-state index in [9.17, 15) is 9.50 Å². The van der Waals surface area contributed by atoms with Crippen LogP contribution in [0.3, 0.4) is 0 Å². The number of nitrogens with two attached hydrogens (primary N) is 1. The molecule has 4 atom stereocenters. The number of nitrogen functional groups attached to an aromatic ring is 1. The van der Waals surface area contributed by atoms with Gasteiger partial charge < -0.3 is 30.0 Å². The van der Waals surface area contributed by atoms with Gasteiger partial charge in [-0.25, -0.2) is 18.2 Å². The smallest absolute Gasteiger partial charge is 0.319 e. The molecule has 51 heavy (non-hydrogen) atoms. The molecule has 0 radical (unpaired) electrons. The van der Waals surface area contributed by atoms with Crippen LogP contribution < -0.4 is 20.1 Å². The molecule has 0 aliphatic carbocycles. The number of hydrogen-bond acceptors (Lipinski definition) is 10. The van der Waals surface area contributed by atoms with Crippen LogP contribution in [0.15, 0.2) is 48.7 Å². The third-order valence-corrected chi connectivity index (χ3v) is 10.8. The zero-order valence-corrected chi connectivity index (χ0v) is 27.4. The summed E-state index contributed by atoms with van der Waals surface area (Å²) in [6.07, 6.45) is 7.90. The number of terminal acetylenes is 1. The van der Waals surface area contributed by atoms with Crippen molar-refractivity contribution in [2.45, 2.75) is 49.7 Å². The van der Waals surface area contributed by atoms with Crippen LogP contribution in [-0.4, -0.2) is 81.7 Å². The topological polar surface area (TPSA) is 119 Å². The number of phenolic OH excluding ortho intramolecular Hbond substituents is 1. The van der Waals surface area contributed by atoms with Crippen LogP contribution in [0.4, 0.5) is 24.8 Å². The Bertz CT molecular complexity index is 2280. The van der Waals surface area contributed by atoms with E-state index in [-0.39, 0.29) is 77.5 Å². The second-order valence-corrected chi connectivity index (χ2v) is 13.7. The number of anilines is 2. The number of aromatic nitrogens is 3. The fourth-order valence-corrected chi connectivity index (χ4v) is 8.40. The van der Waals surface area contributed by atoms with Crippen LogP contribution in [0.5, 0.6) is 17.5 Å². The lowest BCUT2D eigenvalue weighted by Gasteiger charge is -2.32. The molecule has 0 amide bonds. The van der Waals surface area contributed by atoms with Crippen molar-refractivity contribution in [2.24, 2.45) is 0 Å². The van der Waals surface area contributed by atoms with Gasteiger partial charge in [0.25, 0.3) is 0 Å². The van der Waals surface area contributed by atoms with Gasteiger partial charge >= 0.3 is 6.01 Å². The minimum atomic E-state index is -0.967. The van der Waals surface area contributed by atoms with Crippen molar-refractivity contribution < 1.29 is 32.5 Å². The summed E-state index contributed by atoms with van der Waals surface area (Å²) in [6.45, 7) is 2.00. The van der Waals surface area contributed by atoms with Gasteiger partial charge in [-0.3, -0.25) is 4.90 Å². The number of hydrogen-bond donors (Lipinski definition) is 2. The second-order valence-electron chi connectivity index (χ2n) is 13.7. The Morgan fingerprint density at radius 2 is 2.00 bits per heavy atom. The summed E-state index contributed by atoms with van der Waals surface area (Å²) < 4.78 is 65.9. The van der Waals surface area contributed by atoms with E-state index in [1.165, 1.54) is 30.3 Å². The molecule has 0 bridgehead atoms. The van der Waals surface area contributed by atoms with Gasteiger partial charge in [0.05, 0.1) is 35.7 Å². The Morgan fingerprint density at radius 3 is 2.84 bits per heavy atom. The molecule has 3 fully saturated rings. The van der Waals surface area contributed by atoms with Gasteiger partial charge in [0.2, 0.25) is 0 Å². The van der Waals surface area contributed by atoms with Gasteiger partial charge in [-0.15, -0.1) is 6.42 Å². The van der Waals surface area contributed by atoms with E-state index in [1.807, 2.05) is 11.0 Å². The van der Waals surface area contributed by atoms with Gasteiger partial charge in [-0.2, -0.15) is 9.97 Å². The first-order valence-corrected chi connectivity index (χ1v) is 16.9. The number of ether oxygens (including phenoxy) is 3. The normalized spacial score (nSPS) is 24.0. The molecule has 260 valence electrons. The molecular formula is C38H33F3N6O4. The standard InChI is InChI=1S/C38H33F3N6O4/c1-2-24-27(40)7-6-20-11-23(48)12-25(31(20)24)26-13-29-32-34(33(26)41)44-37(50-19-38-8-4-10-46(38)16-22(39)14-38)45-36(32)47(28-17-49-18-30(28)51-29)15-21-5-3-9-43-35(21)42/h1,3,5-7,9,11-13,22,28,30,48H,4,8,10,14-19H2,(H2,42,43)/t22-,28-,30-,38+/m1/s1. The highest BCUT2D eigenvalue weighted by Crippen LogP contribution is 2.47. The molecule has 4 aliphatic heterocycles. The number of phenols is 1. The summed E-state index contributed by atoms with van der Waals surface area (Å²) >= 11 is 0. The van der Waals surface area contributed by atoms with Crippen molar-refractivity contribution in [3.63, 3.8) is 0 Å². The van der Waals surface area contributed by atoms with E-state index in [4.69, 9.17) is 31.4 Å². The van der Waals surface area contributed by atoms with E-state index in [0.717, 1.165) is 19.4 Å². The third kappa shape index (κ3) is 5.07. The van der Waals surface area contributed by atoms with Crippen molar-refractivity contribution >= 4 is 33.3 Å². The molecule has 6 heterocycles. The largest absolute Gasteiger partial charge is 0.508 e. The number of rotatable bonds is 6. The number of benzene rings is 3. The highest BCUT2D eigenvalue weighted by Gasteiger charge is 2.49. The lowest BCUT2D eigenvalue weighted by Crippen LogP contribution is -2.45. The first-order valence-electron chi connectivity index (χ1n) is 16.9. The zero-order valence-electron chi connectivity index (χ0n) is 27.4. The maximum absolute atomic E-state index is 17.3. The summed E-state index contributed by atoms with van der Waals surface area (Å²) in [5.74, 6) is 1.72. The Balaban J connectivity index is 1.27. The zero-order chi connectivity index (χ0) is 35.0. The monoisotopic (exact) mass is 694 g/mol. The average molecular weight is 695 g/mol.